The van der Waals surface area contributed by atoms with Crippen molar-refractivity contribution in [1.29, 1.82) is 0 Å². The van der Waals surface area contributed by atoms with Gasteiger partial charge in [-0.25, -0.2) is 48.0 Å². The van der Waals surface area contributed by atoms with E-state index >= 15 is 0 Å². The average molecular weight is 1740 g/mol. The molecule has 28 atom stereocenters. The molecule has 7 fully saturated rings. The van der Waals surface area contributed by atoms with Gasteiger partial charge in [0.15, 0.2) is 105 Å². The molecule has 0 bridgehead atoms. The molecule has 0 radical (unpaired) electrons. The summed E-state index contributed by atoms with van der Waals surface area (Å²) in [5.41, 5.74) is 0. The highest BCUT2D eigenvalue weighted by molar-refractivity contribution is 8.00. The van der Waals surface area contributed by atoms with Gasteiger partial charge in [-0.05, 0) is 12.8 Å². The minimum Gasteiger partial charge on any atom is -0.479 e. The van der Waals surface area contributed by atoms with Crippen LogP contribution in [-0.2, 0) is 188 Å². The molecule has 53 nitrogen and oxygen atoms in total. The SMILES string of the molecule is COC1C(OC)[C@H](O[C@H]2O[C@H](COS(=O)(=O)O)[C@@H](O[C@@H]3OC(C(=O)O)[C@H](O[C@@H]4OC(COS(=O)(=O)O)[C@H](OC)[C@H](OC)C4NC(=O)CCCCC4SCC5NC(=O)NC54)[C@H](OC)C3OC)C(OSOOO)C2OSOOO)[C@H](C(=O)O)O[C@@H]1O[C@H]1C(COS(=O)(=O)O)O[C@@H](OC)C(OSOOO)[C@H]1OSOOO. The number of unbranched alkanes of at least 4 members (excludes halogenated alkanes) is 1. The number of carboxylic acid groups (broad SMARTS) is 2. The zero-order valence-corrected chi connectivity index (χ0v) is 62.9. The number of thioether (sulfide) groups is 1. The van der Waals surface area contributed by atoms with Crippen LogP contribution in [0.2, 0.25) is 0 Å². The van der Waals surface area contributed by atoms with Crippen molar-refractivity contribution in [2.24, 2.45) is 0 Å². The molecule has 0 aromatic carbocycles. The molecule has 12 N–H and O–H groups in total. The van der Waals surface area contributed by atoms with Crippen LogP contribution in [0.4, 0.5) is 4.79 Å². The van der Waals surface area contributed by atoms with Gasteiger partial charge in [-0.3, -0.25) is 35.2 Å². The smallest absolute Gasteiger partial charge is 0.397 e. The molecule has 3 amide bonds. The third-order valence-electron chi connectivity index (χ3n) is 16.7. The summed E-state index contributed by atoms with van der Waals surface area (Å²) >= 11 is 0.782. The van der Waals surface area contributed by atoms with E-state index in [1.165, 1.54) is 0 Å². The van der Waals surface area contributed by atoms with Crippen molar-refractivity contribution in [1.82, 2.24) is 16.0 Å². The molecule has 108 heavy (non-hydrogen) atoms. The number of aliphatic carboxylic acids is 2. The van der Waals surface area contributed by atoms with Crippen molar-refractivity contribution in [2.75, 3.05) is 75.3 Å². The van der Waals surface area contributed by atoms with Crippen LogP contribution in [0.25, 0.3) is 0 Å². The quantitative estimate of drug-likeness (QED) is 0.00731. The zero-order chi connectivity index (χ0) is 79.2. The first-order valence-electron chi connectivity index (χ1n) is 30.5. The fourth-order valence-electron chi connectivity index (χ4n) is 12.4. The lowest BCUT2D eigenvalue weighted by atomic mass is 9.94. The third kappa shape index (κ3) is 25.9. The number of amides is 3. The highest BCUT2D eigenvalue weighted by atomic mass is 32.3. The van der Waals surface area contributed by atoms with Crippen LogP contribution in [0.15, 0.2) is 0 Å². The molecule has 7 aliphatic rings. The molecule has 0 aliphatic carbocycles. The summed E-state index contributed by atoms with van der Waals surface area (Å²) in [5.74, 6) is -3.85. The maximum Gasteiger partial charge on any atom is 0.397 e. The Morgan fingerprint density at radius 1 is 0.463 bits per heavy atom. The average Bonchev–Trinajstić information content (AvgIpc) is 0.944. The standard InChI is InChI=1S/C47H77N3O50S8/c1-70-24-17(12-77-106(61,62)63)80-42(23(27(24)71-2)49-21(51)11-9-8-10-20-22-16(15-101-20)48-47(56)50-22)85-30-28(72-3)36(74-5)44(87-34(30)40(52)53)84-26-19(14-79-108(67,68)69)82-46(39(92-105-100-96-60)33(26)90-103-98-94-58)86-31-29(73-4)37(75-6)45(88-35(31)41(54)55)83-25-18(13-78-107(64,65)66)81-43(76-7)38(91-104-99-95-59)32(25)89-102-97-93-57/h16-20,22-39,42-46,57-60H,8-15H2,1-7H3,(H,49,51)(H,52,53)(H,54,55)(H2,48,50,56)(H,61,62,63)(H,64,65,66)(H,67,68,69)/t16?,17?,18?,19-,20?,22?,23?,24+,25+,26-,27-,28+,29?,30-,31+,32+,33?,34?,35-,36?,37?,38?,39?,42+,43-,44-,45+,46-/m1/s1. The molecule has 7 rings (SSSR count). The lowest BCUT2D eigenvalue weighted by Crippen LogP contribution is -2.70. The predicted molar refractivity (Wildman–Crippen MR) is 337 cm³/mol. The first-order chi connectivity index (χ1) is 51.4. The van der Waals surface area contributed by atoms with Crippen molar-refractivity contribution in [2.45, 2.75) is 196 Å². The van der Waals surface area contributed by atoms with E-state index in [0.717, 1.165) is 49.8 Å². The van der Waals surface area contributed by atoms with Crippen LogP contribution in [0, 0.1) is 0 Å². The molecule has 0 spiro atoms. The van der Waals surface area contributed by atoms with Gasteiger partial charge in [0.1, 0.15) is 97.6 Å². The lowest BCUT2D eigenvalue weighted by Gasteiger charge is -2.51. The van der Waals surface area contributed by atoms with Crippen LogP contribution in [-0.4, -0.2) is 340 Å². The molecule has 7 saturated heterocycles. The normalized spacial score (nSPS) is 36.8. The van der Waals surface area contributed by atoms with E-state index < -0.39 is 222 Å². The number of ether oxygens (including phenoxy) is 16. The molecule has 13 unspecified atom stereocenters. The predicted octanol–water partition coefficient (Wildman–Crippen LogP) is -2.80. The second kappa shape index (κ2) is 44.7. The Morgan fingerprint density at radius 3 is 1.25 bits per heavy atom. The van der Waals surface area contributed by atoms with Crippen LogP contribution in [0.3, 0.4) is 0 Å². The number of hydrogen-bond acceptors (Lipinski definition) is 50. The molecular formula is C47H77N3O50S8. The van der Waals surface area contributed by atoms with Crippen molar-refractivity contribution >= 4 is 116 Å². The molecule has 0 aromatic rings. The Bertz CT molecular complexity index is 3120. The van der Waals surface area contributed by atoms with E-state index in [1.807, 2.05) is 0 Å². The third-order valence-corrected chi connectivity index (χ3v) is 21.2. The van der Waals surface area contributed by atoms with Crippen molar-refractivity contribution in [3.05, 3.63) is 0 Å². The number of rotatable bonds is 48. The molecule has 7 heterocycles. The van der Waals surface area contributed by atoms with Crippen LogP contribution < -0.4 is 16.0 Å². The highest BCUT2D eigenvalue weighted by Gasteiger charge is 2.62. The number of methoxy groups -OCH3 is 7. The number of urea groups is 1. The van der Waals surface area contributed by atoms with E-state index in [2.05, 4.69) is 61.8 Å². The van der Waals surface area contributed by atoms with E-state index in [9.17, 15) is 78.8 Å². The number of carbonyl (C=O) groups excluding carboxylic acids is 2. The van der Waals surface area contributed by atoms with Crippen molar-refractivity contribution < 1.29 is 232 Å². The number of carbonyl (C=O) groups is 4. The number of hydrogen-bond donors (Lipinski definition) is 12. The first-order valence-corrected chi connectivity index (χ1v) is 38.4. The fourth-order valence-corrected chi connectivity index (χ4v) is 16.3. The Kier molecular flexibility index (Phi) is 38.5. The van der Waals surface area contributed by atoms with Gasteiger partial charge in [0, 0.05) is 67.2 Å². The Morgan fingerprint density at radius 2 is 0.843 bits per heavy atom. The van der Waals surface area contributed by atoms with Crippen molar-refractivity contribution in [3.8, 4) is 0 Å². The van der Waals surface area contributed by atoms with Gasteiger partial charge in [0.05, 0.1) is 31.9 Å². The second-order valence-corrected chi connectivity index (χ2v) is 29.1. The van der Waals surface area contributed by atoms with Gasteiger partial charge in [0.2, 0.25) is 5.91 Å². The summed E-state index contributed by atoms with van der Waals surface area (Å²) in [6.07, 6.45) is -46.6. The Labute approximate surface area is 632 Å². The first kappa shape index (κ1) is 92.9. The van der Waals surface area contributed by atoms with Crippen molar-refractivity contribution in [3.63, 3.8) is 0 Å². The van der Waals surface area contributed by atoms with Gasteiger partial charge in [-0.15, -0.1) is 17.3 Å². The van der Waals surface area contributed by atoms with E-state index in [-0.39, 0.29) is 79.1 Å². The second-order valence-electron chi connectivity index (χ2n) is 22.7. The van der Waals surface area contributed by atoms with E-state index in [0.29, 0.717) is 25.0 Å². The van der Waals surface area contributed by atoms with Gasteiger partial charge in [0.25, 0.3) is 0 Å². The Balaban J connectivity index is 1.23. The summed E-state index contributed by atoms with van der Waals surface area (Å²) in [4.78, 5) is 53.3. The summed E-state index contributed by atoms with van der Waals surface area (Å²) in [5, 5.41) is 81.4. The minimum absolute atomic E-state index is 0.0376. The monoisotopic (exact) mass is 1740 g/mol. The van der Waals surface area contributed by atoms with Gasteiger partial charge in [-0.1, -0.05) is 26.6 Å². The molecule has 628 valence electrons. The summed E-state index contributed by atoms with van der Waals surface area (Å²) in [6.45, 7) is -3.68. The van der Waals surface area contributed by atoms with Gasteiger partial charge < -0.3 is 102 Å². The van der Waals surface area contributed by atoms with Gasteiger partial charge >= 0.3 is 49.2 Å². The molecular weight excluding hydrogens is 1660 g/mol. The molecule has 0 saturated carbocycles. The number of carboxylic acids is 2. The van der Waals surface area contributed by atoms with E-state index in [1.54, 1.807) is 11.8 Å². The minimum atomic E-state index is -5.59. The fraction of sp³-hybridized carbons (Fsp3) is 0.915. The maximum atomic E-state index is 14.0. The zero-order valence-electron chi connectivity index (χ0n) is 56.4. The molecule has 0 aromatic heterocycles. The molecule has 7 aliphatic heterocycles. The maximum absolute atomic E-state index is 14.0. The largest absolute Gasteiger partial charge is 0.479 e. The topological polar surface area (TPSA) is 675 Å². The number of fused-ring (bicyclic) bond motifs is 1. The Hall–Kier alpha value is -2.24. The van der Waals surface area contributed by atoms with Gasteiger partial charge in [-0.2, -0.15) is 37.0 Å². The summed E-state index contributed by atoms with van der Waals surface area (Å²) in [6, 6.07) is -2.01. The van der Waals surface area contributed by atoms with E-state index in [4.69, 9.17) is 107 Å². The lowest BCUT2D eigenvalue weighted by molar-refractivity contribution is -0.437. The summed E-state index contributed by atoms with van der Waals surface area (Å²) in [7, 11) is -8.87. The summed E-state index contributed by atoms with van der Waals surface area (Å²) < 4.78 is 251. The van der Waals surface area contributed by atoms with Crippen LogP contribution in [0.5, 0.6) is 0 Å². The molecule has 61 heteroatoms. The van der Waals surface area contributed by atoms with Crippen LogP contribution in [0.1, 0.15) is 25.7 Å². The number of nitrogens with one attached hydrogen (secondary N) is 3. The highest BCUT2D eigenvalue weighted by Crippen LogP contribution is 2.43. The van der Waals surface area contributed by atoms with Crippen LogP contribution >= 0.6 is 61.1 Å².